The standard InChI is InChI=1S/C16H24ClN3OS/c17-14-4-3-13(22-14)11-19-7-9-20(10-8-19)15(21)16(12-18)5-1-2-6-16/h3-4H,1-2,5-12,18H2. The summed E-state index contributed by atoms with van der Waals surface area (Å²) in [5, 5.41) is 0. The van der Waals surface area contributed by atoms with Gasteiger partial charge in [0.2, 0.25) is 5.91 Å². The van der Waals surface area contributed by atoms with Crippen LogP contribution in [0.15, 0.2) is 12.1 Å². The van der Waals surface area contributed by atoms with Gasteiger partial charge in [-0.3, -0.25) is 9.69 Å². The van der Waals surface area contributed by atoms with E-state index >= 15 is 0 Å². The molecule has 1 aliphatic heterocycles. The van der Waals surface area contributed by atoms with Crippen LogP contribution < -0.4 is 5.73 Å². The molecule has 1 aliphatic carbocycles. The van der Waals surface area contributed by atoms with E-state index in [0.717, 1.165) is 62.7 Å². The number of halogens is 1. The zero-order valence-electron chi connectivity index (χ0n) is 12.9. The number of hydrogen-bond donors (Lipinski definition) is 1. The number of thiophene rings is 1. The van der Waals surface area contributed by atoms with E-state index in [1.165, 1.54) is 4.88 Å². The van der Waals surface area contributed by atoms with Gasteiger partial charge in [0.1, 0.15) is 0 Å². The fraction of sp³-hybridized carbons (Fsp3) is 0.688. The molecule has 22 heavy (non-hydrogen) atoms. The number of piperazine rings is 1. The fourth-order valence-corrected chi connectivity index (χ4v) is 4.79. The molecule has 122 valence electrons. The molecule has 0 bridgehead atoms. The van der Waals surface area contributed by atoms with Crippen LogP contribution >= 0.6 is 22.9 Å². The van der Waals surface area contributed by atoms with Crippen molar-refractivity contribution in [3.8, 4) is 0 Å². The Kier molecular flexibility index (Phi) is 5.07. The van der Waals surface area contributed by atoms with Gasteiger partial charge in [-0.2, -0.15) is 0 Å². The molecule has 0 spiro atoms. The van der Waals surface area contributed by atoms with E-state index in [4.69, 9.17) is 17.3 Å². The summed E-state index contributed by atoms with van der Waals surface area (Å²) in [6.45, 7) is 4.93. The molecule has 1 aromatic rings. The largest absolute Gasteiger partial charge is 0.340 e. The lowest BCUT2D eigenvalue weighted by molar-refractivity contribution is -0.143. The first-order chi connectivity index (χ1) is 10.6. The molecule has 3 rings (SSSR count). The molecule has 2 N–H and O–H groups in total. The van der Waals surface area contributed by atoms with Crippen molar-refractivity contribution in [2.75, 3.05) is 32.7 Å². The van der Waals surface area contributed by atoms with Gasteiger partial charge in [-0.25, -0.2) is 0 Å². The van der Waals surface area contributed by atoms with Gasteiger partial charge in [-0.15, -0.1) is 11.3 Å². The van der Waals surface area contributed by atoms with Crippen LogP contribution in [0.3, 0.4) is 0 Å². The number of nitrogens with two attached hydrogens (primary N) is 1. The summed E-state index contributed by atoms with van der Waals surface area (Å²) < 4.78 is 0.843. The third kappa shape index (κ3) is 3.32. The van der Waals surface area contributed by atoms with Crippen molar-refractivity contribution in [2.24, 2.45) is 11.1 Å². The molecule has 6 heteroatoms. The zero-order chi connectivity index (χ0) is 15.6. The topological polar surface area (TPSA) is 49.6 Å². The molecule has 2 aliphatic rings. The van der Waals surface area contributed by atoms with E-state index < -0.39 is 0 Å². The Balaban J connectivity index is 1.54. The summed E-state index contributed by atoms with van der Waals surface area (Å²) in [4.78, 5) is 18.6. The van der Waals surface area contributed by atoms with Crippen molar-refractivity contribution in [3.63, 3.8) is 0 Å². The van der Waals surface area contributed by atoms with E-state index in [1.807, 2.05) is 11.0 Å². The molecule has 0 unspecified atom stereocenters. The smallest absolute Gasteiger partial charge is 0.230 e. The molecule has 1 amide bonds. The lowest BCUT2D eigenvalue weighted by Gasteiger charge is -2.39. The molecular weight excluding hydrogens is 318 g/mol. The summed E-state index contributed by atoms with van der Waals surface area (Å²) in [5.74, 6) is 0.298. The molecule has 0 aromatic carbocycles. The van der Waals surface area contributed by atoms with Crippen molar-refractivity contribution in [1.29, 1.82) is 0 Å². The summed E-state index contributed by atoms with van der Waals surface area (Å²) in [6, 6.07) is 4.04. The highest BCUT2D eigenvalue weighted by molar-refractivity contribution is 7.16. The van der Waals surface area contributed by atoms with Crippen LogP contribution in [0, 0.1) is 5.41 Å². The van der Waals surface area contributed by atoms with Crippen molar-refractivity contribution < 1.29 is 4.79 Å². The van der Waals surface area contributed by atoms with E-state index in [2.05, 4.69) is 11.0 Å². The minimum absolute atomic E-state index is 0.260. The molecule has 1 saturated carbocycles. The Labute approximate surface area is 141 Å². The lowest BCUT2D eigenvalue weighted by Crippen LogP contribution is -2.54. The fourth-order valence-electron chi connectivity index (χ4n) is 3.66. The third-order valence-corrected chi connectivity index (χ3v) is 6.29. The Morgan fingerprint density at radius 3 is 2.45 bits per heavy atom. The monoisotopic (exact) mass is 341 g/mol. The Morgan fingerprint density at radius 2 is 1.91 bits per heavy atom. The second-order valence-electron chi connectivity index (χ2n) is 6.47. The molecule has 2 fully saturated rings. The Hall–Kier alpha value is -0.620. The molecule has 0 atom stereocenters. The van der Waals surface area contributed by atoms with Crippen molar-refractivity contribution in [3.05, 3.63) is 21.3 Å². The van der Waals surface area contributed by atoms with Gasteiger partial charge < -0.3 is 10.6 Å². The van der Waals surface area contributed by atoms with Crippen molar-refractivity contribution in [1.82, 2.24) is 9.80 Å². The average molecular weight is 342 g/mol. The van der Waals surface area contributed by atoms with E-state index in [0.29, 0.717) is 12.5 Å². The van der Waals surface area contributed by atoms with Crippen molar-refractivity contribution >= 4 is 28.8 Å². The molecule has 4 nitrogen and oxygen atoms in total. The number of hydrogen-bond acceptors (Lipinski definition) is 4. The summed E-state index contributed by atoms with van der Waals surface area (Å²) in [5.41, 5.74) is 5.68. The Morgan fingerprint density at radius 1 is 1.23 bits per heavy atom. The SMILES string of the molecule is NCC1(C(=O)N2CCN(Cc3ccc(Cl)s3)CC2)CCCC1. The number of rotatable bonds is 4. The van der Waals surface area contributed by atoms with E-state index in [1.54, 1.807) is 11.3 Å². The van der Waals surface area contributed by atoms with Crippen LogP contribution in [0.4, 0.5) is 0 Å². The van der Waals surface area contributed by atoms with Gasteiger partial charge >= 0.3 is 0 Å². The average Bonchev–Trinajstić information content (AvgIpc) is 3.17. The van der Waals surface area contributed by atoms with Crippen LogP contribution in [0.1, 0.15) is 30.6 Å². The Bertz CT molecular complexity index is 519. The van der Waals surface area contributed by atoms with Gasteiger partial charge in [0.05, 0.1) is 9.75 Å². The molecule has 0 radical (unpaired) electrons. The predicted octanol–water partition coefficient (Wildman–Crippen LogP) is 2.56. The van der Waals surface area contributed by atoms with Crippen LogP contribution in [0.2, 0.25) is 4.34 Å². The third-order valence-electron chi connectivity index (χ3n) is 5.07. The molecule has 1 aromatic heterocycles. The minimum atomic E-state index is -0.260. The van der Waals surface area contributed by atoms with Gasteiger partial charge in [-0.05, 0) is 25.0 Å². The number of carbonyl (C=O) groups is 1. The summed E-state index contributed by atoms with van der Waals surface area (Å²) >= 11 is 7.62. The van der Waals surface area contributed by atoms with Crippen LogP contribution in [0.5, 0.6) is 0 Å². The quantitative estimate of drug-likeness (QED) is 0.915. The number of carbonyl (C=O) groups excluding carboxylic acids is 1. The maximum absolute atomic E-state index is 12.8. The summed E-state index contributed by atoms with van der Waals surface area (Å²) in [7, 11) is 0. The maximum Gasteiger partial charge on any atom is 0.230 e. The van der Waals surface area contributed by atoms with Gasteiger partial charge in [-0.1, -0.05) is 24.4 Å². The first-order valence-corrected chi connectivity index (χ1v) is 9.28. The predicted molar refractivity (Wildman–Crippen MR) is 91.1 cm³/mol. The first kappa shape index (κ1) is 16.2. The second kappa shape index (κ2) is 6.87. The number of amides is 1. The summed E-state index contributed by atoms with van der Waals surface area (Å²) in [6.07, 6.45) is 4.22. The highest BCUT2D eigenvalue weighted by Crippen LogP contribution is 2.39. The zero-order valence-corrected chi connectivity index (χ0v) is 14.5. The van der Waals surface area contributed by atoms with Crippen molar-refractivity contribution in [2.45, 2.75) is 32.2 Å². The minimum Gasteiger partial charge on any atom is -0.340 e. The lowest BCUT2D eigenvalue weighted by atomic mass is 9.84. The number of nitrogens with zero attached hydrogens (tertiary/aromatic N) is 2. The van der Waals surface area contributed by atoms with Crippen LogP contribution in [-0.4, -0.2) is 48.4 Å². The van der Waals surface area contributed by atoms with E-state index in [9.17, 15) is 4.79 Å². The van der Waals surface area contributed by atoms with E-state index in [-0.39, 0.29) is 5.41 Å². The highest BCUT2D eigenvalue weighted by Gasteiger charge is 2.42. The van der Waals surface area contributed by atoms with Crippen LogP contribution in [-0.2, 0) is 11.3 Å². The second-order valence-corrected chi connectivity index (χ2v) is 8.27. The van der Waals surface area contributed by atoms with Gasteiger partial charge in [0.15, 0.2) is 0 Å². The highest BCUT2D eigenvalue weighted by atomic mass is 35.5. The molecular formula is C16H24ClN3OS. The van der Waals surface area contributed by atoms with Gasteiger partial charge in [0.25, 0.3) is 0 Å². The van der Waals surface area contributed by atoms with Gasteiger partial charge in [0, 0.05) is 44.1 Å². The molecule has 1 saturated heterocycles. The van der Waals surface area contributed by atoms with Crippen LogP contribution in [0.25, 0.3) is 0 Å². The first-order valence-electron chi connectivity index (χ1n) is 8.09. The molecule has 2 heterocycles. The normalized spacial score (nSPS) is 22.2. The maximum atomic E-state index is 12.8.